The number of likely N-dealkylation sites (tertiary alicyclic amines) is 1. The molecule has 9 heteroatoms. The van der Waals surface area contributed by atoms with Crippen LogP contribution in [0.25, 0.3) is 11.1 Å². The average molecular weight is 585 g/mol. The predicted molar refractivity (Wildman–Crippen MR) is 165 cm³/mol. The Labute approximate surface area is 252 Å². The highest BCUT2D eigenvalue weighted by Crippen LogP contribution is 2.33. The Morgan fingerprint density at radius 3 is 2.35 bits per heavy atom. The molecule has 1 fully saturated rings. The van der Waals surface area contributed by atoms with E-state index >= 15 is 0 Å². The van der Waals surface area contributed by atoms with Gasteiger partial charge in [-0.2, -0.15) is 0 Å². The second-order valence-electron chi connectivity index (χ2n) is 11.8. The van der Waals surface area contributed by atoms with Crippen molar-refractivity contribution in [2.24, 2.45) is 17.4 Å². The van der Waals surface area contributed by atoms with Crippen LogP contribution in [0, 0.1) is 11.3 Å². The van der Waals surface area contributed by atoms with Crippen LogP contribution in [0.5, 0.6) is 0 Å². The van der Waals surface area contributed by atoms with Crippen LogP contribution in [0.3, 0.4) is 0 Å². The van der Waals surface area contributed by atoms with E-state index in [1.807, 2.05) is 42.5 Å². The van der Waals surface area contributed by atoms with Gasteiger partial charge in [-0.25, -0.2) is 4.79 Å². The number of amides is 1. The molecular formula is C34H40N4O5. The number of methoxy groups -OCH3 is 1. The summed E-state index contributed by atoms with van der Waals surface area (Å²) < 4.78 is 10.8. The molecule has 226 valence electrons. The number of carbonyl (C=O) groups excluding carboxylic acids is 3. The van der Waals surface area contributed by atoms with Crippen LogP contribution in [-0.4, -0.2) is 53.9 Å². The normalized spacial score (nSPS) is 16.3. The van der Waals surface area contributed by atoms with E-state index in [0.29, 0.717) is 36.9 Å². The molecule has 1 aliphatic rings. The Balaban J connectivity index is 1.71. The number of nitrogens with two attached hydrogens (primary N) is 2. The van der Waals surface area contributed by atoms with Gasteiger partial charge in [-0.15, -0.1) is 0 Å². The van der Waals surface area contributed by atoms with Crippen LogP contribution in [0.2, 0.25) is 0 Å². The van der Waals surface area contributed by atoms with E-state index in [9.17, 15) is 14.4 Å². The van der Waals surface area contributed by atoms with Gasteiger partial charge < -0.3 is 25.8 Å². The van der Waals surface area contributed by atoms with Crippen molar-refractivity contribution >= 4 is 23.7 Å². The van der Waals surface area contributed by atoms with Crippen molar-refractivity contribution in [2.45, 2.75) is 57.7 Å². The molecular weight excluding hydrogens is 544 g/mol. The quantitative estimate of drug-likeness (QED) is 0.189. The van der Waals surface area contributed by atoms with Crippen LogP contribution in [0.1, 0.15) is 66.7 Å². The van der Waals surface area contributed by atoms with E-state index in [0.717, 1.165) is 16.7 Å². The van der Waals surface area contributed by atoms with Crippen molar-refractivity contribution in [3.63, 3.8) is 0 Å². The zero-order chi connectivity index (χ0) is 31.3. The summed E-state index contributed by atoms with van der Waals surface area (Å²) in [5.41, 5.74) is 15.1. The van der Waals surface area contributed by atoms with Gasteiger partial charge in [0, 0.05) is 23.7 Å². The highest BCUT2D eigenvalue weighted by molar-refractivity contribution is 5.99. The summed E-state index contributed by atoms with van der Waals surface area (Å²) >= 11 is 0. The van der Waals surface area contributed by atoms with Crippen molar-refractivity contribution in [1.82, 2.24) is 4.90 Å². The summed E-state index contributed by atoms with van der Waals surface area (Å²) in [4.78, 5) is 42.2. The van der Waals surface area contributed by atoms with Crippen molar-refractivity contribution in [2.75, 3.05) is 13.7 Å². The van der Waals surface area contributed by atoms with Crippen molar-refractivity contribution in [3.05, 3.63) is 95.1 Å². The van der Waals surface area contributed by atoms with Gasteiger partial charge in [0.2, 0.25) is 0 Å². The summed E-state index contributed by atoms with van der Waals surface area (Å²) in [7, 11) is 1.34. The molecule has 0 spiro atoms. The number of carbonyl (C=O) groups is 3. The molecule has 9 nitrogen and oxygen atoms in total. The molecule has 0 aromatic heterocycles. The molecule has 4 rings (SSSR count). The molecule has 1 saturated heterocycles. The zero-order valence-electron chi connectivity index (χ0n) is 25.1. The number of hydrogen-bond acceptors (Lipinski definition) is 7. The summed E-state index contributed by atoms with van der Waals surface area (Å²) in [5.74, 6) is -2.10. The Hall–Kier alpha value is -4.50. The summed E-state index contributed by atoms with van der Waals surface area (Å²) in [5, 5.41) is 7.78. The van der Waals surface area contributed by atoms with Crippen LogP contribution >= 0.6 is 0 Å². The van der Waals surface area contributed by atoms with Gasteiger partial charge in [0.15, 0.2) is 0 Å². The van der Waals surface area contributed by atoms with Crippen molar-refractivity contribution in [3.8, 4) is 11.1 Å². The molecule has 0 bridgehead atoms. The average Bonchev–Trinajstić information content (AvgIpc) is 3.48. The van der Waals surface area contributed by atoms with Gasteiger partial charge in [0.25, 0.3) is 5.91 Å². The van der Waals surface area contributed by atoms with Gasteiger partial charge in [0.1, 0.15) is 17.5 Å². The molecule has 3 unspecified atom stereocenters. The lowest BCUT2D eigenvalue weighted by Gasteiger charge is -2.31. The van der Waals surface area contributed by atoms with Gasteiger partial charge >= 0.3 is 11.9 Å². The highest BCUT2D eigenvalue weighted by atomic mass is 16.6. The SMILES string of the molecule is COC(=O)C(Cc1cccc(C(=N)N)c1)C1CCCN1C(=O)c1ccc(-c2ccccc2)cc1C(N)C(=O)OC(C)(C)C. The number of esters is 2. The minimum atomic E-state index is -1.20. The first-order valence-corrected chi connectivity index (χ1v) is 14.4. The number of nitrogens with one attached hydrogen (secondary N) is 1. The molecule has 3 atom stereocenters. The third-order valence-corrected chi connectivity index (χ3v) is 7.61. The molecule has 1 amide bonds. The fraction of sp³-hybridized carbons (Fsp3) is 0.353. The van der Waals surface area contributed by atoms with Crippen molar-refractivity contribution in [1.29, 1.82) is 5.41 Å². The molecule has 0 aliphatic carbocycles. The van der Waals surface area contributed by atoms with E-state index in [2.05, 4.69) is 0 Å². The van der Waals surface area contributed by atoms with Crippen LogP contribution in [-0.2, 0) is 25.5 Å². The summed E-state index contributed by atoms with van der Waals surface area (Å²) in [6.45, 7) is 5.72. The monoisotopic (exact) mass is 584 g/mol. The first-order chi connectivity index (χ1) is 20.4. The molecule has 1 aliphatic heterocycles. The number of rotatable bonds is 9. The van der Waals surface area contributed by atoms with E-state index in [1.54, 1.807) is 56.0 Å². The molecule has 1 heterocycles. The van der Waals surface area contributed by atoms with E-state index < -0.39 is 35.5 Å². The number of ether oxygens (including phenoxy) is 2. The predicted octanol–water partition coefficient (Wildman–Crippen LogP) is 4.62. The molecule has 5 N–H and O–H groups in total. The smallest absolute Gasteiger partial charge is 0.328 e. The number of hydrogen-bond donors (Lipinski definition) is 3. The van der Waals surface area contributed by atoms with E-state index in [1.165, 1.54) is 7.11 Å². The van der Waals surface area contributed by atoms with Gasteiger partial charge in [-0.05, 0) is 80.5 Å². The number of nitrogens with zero attached hydrogens (tertiary/aromatic N) is 1. The second-order valence-corrected chi connectivity index (χ2v) is 11.8. The van der Waals surface area contributed by atoms with Gasteiger partial charge in [-0.1, -0.05) is 54.6 Å². The Bertz CT molecular complexity index is 1500. The van der Waals surface area contributed by atoms with Gasteiger partial charge in [0.05, 0.1) is 13.0 Å². The molecule has 3 aromatic carbocycles. The van der Waals surface area contributed by atoms with Crippen molar-refractivity contribution < 1.29 is 23.9 Å². The Kier molecular flexibility index (Phi) is 9.66. The third kappa shape index (κ3) is 7.48. The summed E-state index contributed by atoms with van der Waals surface area (Å²) in [6, 6.07) is 20.5. The summed E-state index contributed by atoms with van der Waals surface area (Å²) in [6.07, 6.45) is 1.61. The lowest BCUT2D eigenvalue weighted by atomic mass is 9.89. The first kappa shape index (κ1) is 31.4. The minimum absolute atomic E-state index is 0.0676. The maximum absolute atomic E-state index is 14.3. The fourth-order valence-corrected chi connectivity index (χ4v) is 5.58. The number of nitrogen functional groups attached to an aromatic ring is 1. The number of amidine groups is 1. The number of benzene rings is 3. The maximum Gasteiger partial charge on any atom is 0.328 e. The lowest BCUT2D eigenvalue weighted by Crippen LogP contribution is -2.44. The second kappa shape index (κ2) is 13.2. The Morgan fingerprint density at radius 2 is 1.70 bits per heavy atom. The highest BCUT2D eigenvalue weighted by Gasteiger charge is 2.40. The van der Waals surface area contributed by atoms with Crippen LogP contribution < -0.4 is 11.5 Å². The minimum Gasteiger partial charge on any atom is -0.469 e. The fourth-order valence-electron chi connectivity index (χ4n) is 5.58. The maximum atomic E-state index is 14.3. The van der Waals surface area contributed by atoms with Gasteiger partial charge in [-0.3, -0.25) is 15.0 Å². The Morgan fingerprint density at radius 1 is 0.977 bits per heavy atom. The molecule has 3 aromatic rings. The molecule has 43 heavy (non-hydrogen) atoms. The first-order valence-electron chi connectivity index (χ1n) is 14.4. The third-order valence-electron chi connectivity index (χ3n) is 7.61. The molecule has 0 saturated carbocycles. The van der Waals surface area contributed by atoms with Crippen LogP contribution in [0.4, 0.5) is 0 Å². The zero-order valence-corrected chi connectivity index (χ0v) is 25.1. The van der Waals surface area contributed by atoms with E-state index in [-0.39, 0.29) is 17.3 Å². The molecule has 0 radical (unpaired) electrons. The van der Waals surface area contributed by atoms with Crippen LogP contribution in [0.15, 0.2) is 72.8 Å². The standard InChI is InChI=1S/C34H40N4O5/c1-34(2,3)43-33(41)29(35)26-20-23(22-11-6-5-7-12-22)15-16-25(26)31(39)38-17-9-14-28(38)27(32(40)42-4)19-21-10-8-13-24(18-21)30(36)37/h5-8,10-13,15-16,18,20,27-29H,9,14,17,19,35H2,1-4H3,(H3,36,37). The largest absolute Gasteiger partial charge is 0.469 e. The topological polar surface area (TPSA) is 149 Å². The van der Waals surface area contributed by atoms with E-state index in [4.69, 9.17) is 26.4 Å². The lowest BCUT2D eigenvalue weighted by molar-refractivity contribution is -0.156.